The van der Waals surface area contributed by atoms with Crippen LogP contribution in [0.5, 0.6) is 0 Å². The Balaban J connectivity index is 1.65. The van der Waals surface area contributed by atoms with Crippen LogP contribution in [-0.2, 0) is 6.42 Å². The molecule has 0 radical (unpaired) electrons. The van der Waals surface area contributed by atoms with Gasteiger partial charge in [0.05, 0.1) is 17.0 Å². The fourth-order valence-corrected chi connectivity index (χ4v) is 5.27. The first-order valence-corrected chi connectivity index (χ1v) is 12.0. The molecule has 33 heavy (non-hydrogen) atoms. The summed E-state index contributed by atoms with van der Waals surface area (Å²) in [5, 5.41) is 9.56. The third-order valence-corrected chi connectivity index (χ3v) is 7.05. The van der Waals surface area contributed by atoms with Crippen LogP contribution in [0, 0.1) is 5.92 Å². The van der Waals surface area contributed by atoms with Crippen LogP contribution in [0.4, 0.5) is 0 Å². The SMILES string of the molecule is CC1=C(/C=C\C2CCCCC2)c2cc(-c3ccccn3)n(-c3cccc(C(=O)O)c3)c2CC1. The molecule has 1 fully saturated rings. The normalized spacial score (nSPS) is 16.9. The summed E-state index contributed by atoms with van der Waals surface area (Å²) < 4.78 is 2.21. The van der Waals surface area contributed by atoms with Crippen LogP contribution >= 0.6 is 0 Å². The maximum Gasteiger partial charge on any atom is 0.335 e. The zero-order valence-electron chi connectivity index (χ0n) is 19.1. The van der Waals surface area contributed by atoms with E-state index in [1.165, 1.54) is 54.5 Å². The van der Waals surface area contributed by atoms with Crippen molar-refractivity contribution < 1.29 is 9.90 Å². The van der Waals surface area contributed by atoms with E-state index in [4.69, 9.17) is 0 Å². The monoisotopic (exact) mass is 438 g/mol. The first-order chi connectivity index (χ1) is 16.1. The summed E-state index contributed by atoms with van der Waals surface area (Å²) in [7, 11) is 0. The van der Waals surface area contributed by atoms with Crippen LogP contribution in [0.1, 0.15) is 67.1 Å². The van der Waals surface area contributed by atoms with Crippen LogP contribution in [0.15, 0.2) is 72.5 Å². The van der Waals surface area contributed by atoms with Gasteiger partial charge in [0, 0.05) is 23.1 Å². The highest BCUT2D eigenvalue weighted by atomic mass is 16.4. The molecule has 5 rings (SSSR count). The predicted octanol–water partition coefficient (Wildman–Crippen LogP) is 7.09. The smallest absolute Gasteiger partial charge is 0.335 e. The van der Waals surface area contributed by atoms with E-state index in [-0.39, 0.29) is 0 Å². The summed E-state index contributed by atoms with van der Waals surface area (Å²) in [6.07, 6.45) is 15.1. The van der Waals surface area contributed by atoms with Gasteiger partial charge in [-0.3, -0.25) is 4.98 Å². The van der Waals surface area contributed by atoms with Gasteiger partial charge in [-0.2, -0.15) is 0 Å². The van der Waals surface area contributed by atoms with Crippen molar-refractivity contribution in [3.05, 3.63) is 89.3 Å². The molecule has 1 N–H and O–H groups in total. The van der Waals surface area contributed by atoms with Crippen molar-refractivity contribution in [1.29, 1.82) is 0 Å². The van der Waals surface area contributed by atoms with E-state index >= 15 is 0 Å². The molecular weight excluding hydrogens is 408 g/mol. The molecule has 0 saturated heterocycles. The lowest BCUT2D eigenvalue weighted by atomic mass is 9.86. The van der Waals surface area contributed by atoms with Crippen molar-refractivity contribution in [3.8, 4) is 17.1 Å². The van der Waals surface area contributed by atoms with Crippen LogP contribution in [0.2, 0.25) is 0 Å². The molecule has 0 spiro atoms. The number of rotatable bonds is 5. The minimum atomic E-state index is -0.913. The second-order valence-electron chi connectivity index (χ2n) is 9.25. The highest BCUT2D eigenvalue weighted by Crippen LogP contribution is 2.39. The molecule has 2 aromatic heterocycles. The molecule has 168 valence electrons. The van der Waals surface area contributed by atoms with Crippen molar-refractivity contribution in [2.24, 2.45) is 5.92 Å². The van der Waals surface area contributed by atoms with Crippen molar-refractivity contribution in [3.63, 3.8) is 0 Å². The van der Waals surface area contributed by atoms with Gasteiger partial charge in [0.1, 0.15) is 0 Å². The summed E-state index contributed by atoms with van der Waals surface area (Å²) >= 11 is 0. The molecule has 2 heterocycles. The number of aromatic carboxylic acids is 1. The van der Waals surface area contributed by atoms with E-state index in [2.05, 4.69) is 34.7 Å². The number of carboxylic acids is 1. The van der Waals surface area contributed by atoms with Crippen molar-refractivity contribution >= 4 is 11.5 Å². The second-order valence-corrected chi connectivity index (χ2v) is 9.25. The fourth-order valence-electron chi connectivity index (χ4n) is 5.27. The molecule has 1 aromatic carbocycles. The summed E-state index contributed by atoms with van der Waals surface area (Å²) in [4.78, 5) is 16.3. The molecule has 4 heteroatoms. The Morgan fingerprint density at radius 2 is 1.91 bits per heavy atom. The molecule has 2 aliphatic rings. The zero-order chi connectivity index (χ0) is 22.8. The van der Waals surface area contributed by atoms with Crippen LogP contribution in [0.3, 0.4) is 0 Å². The molecule has 4 nitrogen and oxygen atoms in total. The third-order valence-electron chi connectivity index (χ3n) is 7.05. The number of benzene rings is 1. The van der Waals surface area contributed by atoms with Gasteiger partial charge < -0.3 is 9.67 Å². The highest BCUT2D eigenvalue weighted by molar-refractivity contribution is 5.89. The van der Waals surface area contributed by atoms with E-state index in [1.807, 2.05) is 36.5 Å². The van der Waals surface area contributed by atoms with Crippen LogP contribution in [-0.4, -0.2) is 20.6 Å². The maximum atomic E-state index is 11.7. The first kappa shape index (κ1) is 21.4. The van der Waals surface area contributed by atoms with E-state index in [0.29, 0.717) is 11.5 Å². The molecule has 0 amide bonds. The molecule has 3 aromatic rings. The predicted molar refractivity (Wildman–Crippen MR) is 133 cm³/mol. The van der Waals surface area contributed by atoms with Gasteiger partial charge in [-0.1, -0.05) is 49.1 Å². The minimum absolute atomic E-state index is 0.293. The number of carbonyl (C=O) groups is 1. The van der Waals surface area contributed by atoms with Gasteiger partial charge in [-0.25, -0.2) is 4.79 Å². The number of pyridine rings is 1. The van der Waals surface area contributed by atoms with Gasteiger partial charge in [-0.15, -0.1) is 0 Å². The van der Waals surface area contributed by atoms with Crippen molar-refractivity contribution in [2.45, 2.75) is 51.9 Å². The average molecular weight is 439 g/mol. The largest absolute Gasteiger partial charge is 0.478 e. The second kappa shape index (κ2) is 9.22. The molecule has 1 saturated carbocycles. The first-order valence-electron chi connectivity index (χ1n) is 12.0. The number of fused-ring (bicyclic) bond motifs is 1. The van der Waals surface area contributed by atoms with E-state index < -0.39 is 5.97 Å². The molecule has 0 unspecified atom stereocenters. The lowest BCUT2D eigenvalue weighted by Crippen LogP contribution is -2.09. The molecule has 0 aliphatic heterocycles. The quantitative estimate of drug-likeness (QED) is 0.462. The lowest BCUT2D eigenvalue weighted by Gasteiger charge is -2.21. The van der Waals surface area contributed by atoms with E-state index in [0.717, 1.165) is 29.9 Å². The number of hydrogen-bond donors (Lipinski definition) is 1. The van der Waals surface area contributed by atoms with Crippen molar-refractivity contribution in [1.82, 2.24) is 9.55 Å². The standard InChI is InChI=1S/C29H30N2O2/c1-20-13-16-27-25(24(20)15-14-21-8-3-2-4-9-21)19-28(26-12-5-6-17-30-26)31(27)23-11-7-10-22(18-23)29(32)33/h5-7,10-12,14-15,17-19,21H,2-4,8-9,13,16H2,1H3,(H,32,33)/b15-14-. The van der Waals surface area contributed by atoms with Crippen LogP contribution in [0.25, 0.3) is 22.6 Å². The Bertz CT molecular complexity index is 1230. The molecular formula is C29H30N2O2. The van der Waals surface area contributed by atoms with E-state index in [9.17, 15) is 9.90 Å². The molecule has 2 aliphatic carbocycles. The molecule has 0 atom stereocenters. The Labute approximate surface area is 195 Å². The highest BCUT2D eigenvalue weighted by Gasteiger charge is 2.24. The Morgan fingerprint density at radius 1 is 1.06 bits per heavy atom. The Hall–Kier alpha value is -3.40. The maximum absolute atomic E-state index is 11.7. The van der Waals surface area contributed by atoms with Gasteiger partial charge in [0.15, 0.2) is 0 Å². The summed E-state index contributed by atoms with van der Waals surface area (Å²) in [6.45, 7) is 2.24. The lowest BCUT2D eigenvalue weighted by molar-refractivity contribution is 0.0697. The Morgan fingerprint density at radius 3 is 2.67 bits per heavy atom. The summed E-state index contributed by atoms with van der Waals surface area (Å²) in [5.41, 5.74) is 8.25. The number of aromatic nitrogens is 2. The van der Waals surface area contributed by atoms with Gasteiger partial charge in [0.2, 0.25) is 0 Å². The van der Waals surface area contributed by atoms with E-state index in [1.54, 1.807) is 12.1 Å². The van der Waals surface area contributed by atoms with Crippen LogP contribution < -0.4 is 0 Å². The summed E-state index contributed by atoms with van der Waals surface area (Å²) in [5.74, 6) is -0.238. The zero-order valence-corrected chi connectivity index (χ0v) is 19.1. The number of nitrogens with zero attached hydrogens (tertiary/aromatic N) is 2. The van der Waals surface area contributed by atoms with Gasteiger partial charge >= 0.3 is 5.97 Å². The fraction of sp³-hybridized carbons (Fsp3) is 0.310. The minimum Gasteiger partial charge on any atom is -0.478 e. The average Bonchev–Trinajstić information content (AvgIpc) is 3.24. The Kier molecular flexibility index (Phi) is 5.99. The van der Waals surface area contributed by atoms with Gasteiger partial charge in [-0.05, 0) is 80.5 Å². The van der Waals surface area contributed by atoms with Gasteiger partial charge in [0.25, 0.3) is 0 Å². The summed E-state index contributed by atoms with van der Waals surface area (Å²) in [6, 6.07) is 15.4. The van der Waals surface area contributed by atoms with Crippen molar-refractivity contribution in [2.75, 3.05) is 0 Å². The molecule has 0 bridgehead atoms. The third kappa shape index (κ3) is 4.30. The number of hydrogen-bond acceptors (Lipinski definition) is 2. The topological polar surface area (TPSA) is 55.1 Å². The number of carboxylic acid groups (broad SMARTS) is 1. The number of allylic oxidation sites excluding steroid dienone is 4.